The van der Waals surface area contributed by atoms with Gasteiger partial charge in [0.2, 0.25) is 0 Å². The molecule has 1 N–H and O–H groups in total. The van der Waals surface area contributed by atoms with Crippen molar-refractivity contribution < 1.29 is 14.6 Å². The zero-order valence-electron chi connectivity index (χ0n) is 7.84. The lowest BCUT2D eigenvalue weighted by molar-refractivity contribution is 0.170. The predicted octanol–water partition coefficient (Wildman–Crippen LogP) is 1.91. The van der Waals surface area contributed by atoms with E-state index in [0.29, 0.717) is 35.3 Å². The zero-order chi connectivity index (χ0) is 10.1. The van der Waals surface area contributed by atoms with E-state index >= 15 is 0 Å². The highest BCUT2D eigenvalue weighted by atomic mass is 35.5. The van der Waals surface area contributed by atoms with E-state index in [0.717, 1.165) is 5.56 Å². The smallest absolute Gasteiger partial charge is 0.180 e. The van der Waals surface area contributed by atoms with Crippen LogP contribution in [0, 0.1) is 6.92 Å². The molecule has 1 heterocycles. The third-order valence-corrected chi connectivity index (χ3v) is 2.66. The van der Waals surface area contributed by atoms with Crippen molar-refractivity contribution in [3.05, 3.63) is 22.2 Å². The predicted molar refractivity (Wildman–Crippen MR) is 53.1 cm³/mol. The Kier molecular flexibility index (Phi) is 2.52. The Balaban J connectivity index is 2.57. The third kappa shape index (κ3) is 1.42. The standard InChI is InChI=1S/C10H11ClO3/c1-6-4-8-10(14-3-2-13-8)9(11)7(6)5-12/h4,12H,2-3,5H2,1H3. The fourth-order valence-electron chi connectivity index (χ4n) is 1.50. The molecule has 0 saturated heterocycles. The highest BCUT2D eigenvalue weighted by Crippen LogP contribution is 2.41. The molecule has 14 heavy (non-hydrogen) atoms. The number of fused-ring (bicyclic) bond motifs is 1. The lowest BCUT2D eigenvalue weighted by Crippen LogP contribution is -2.16. The first-order valence-electron chi connectivity index (χ1n) is 4.42. The summed E-state index contributed by atoms with van der Waals surface area (Å²) in [5.74, 6) is 1.21. The van der Waals surface area contributed by atoms with Crippen LogP contribution in [0.4, 0.5) is 0 Å². The summed E-state index contributed by atoms with van der Waals surface area (Å²) in [7, 11) is 0. The molecule has 1 aliphatic rings. The van der Waals surface area contributed by atoms with Crippen molar-refractivity contribution >= 4 is 11.6 Å². The molecule has 0 amide bonds. The molecule has 0 radical (unpaired) electrons. The van der Waals surface area contributed by atoms with E-state index in [1.54, 1.807) is 0 Å². The number of hydrogen-bond donors (Lipinski definition) is 1. The van der Waals surface area contributed by atoms with Crippen LogP contribution in [0.5, 0.6) is 11.5 Å². The van der Waals surface area contributed by atoms with E-state index in [9.17, 15) is 0 Å². The molecule has 0 atom stereocenters. The largest absolute Gasteiger partial charge is 0.486 e. The number of hydrogen-bond acceptors (Lipinski definition) is 3. The van der Waals surface area contributed by atoms with Crippen LogP contribution in [0.3, 0.4) is 0 Å². The number of benzene rings is 1. The molecule has 3 nitrogen and oxygen atoms in total. The van der Waals surface area contributed by atoms with Gasteiger partial charge in [0.1, 0.15) is 13.2 Å². The highest BCUT2D eigenvalue weighted by Gasteiger charge is 2.19. The summed E-state index contributed by atoms with van der Waals surface area (Å²) in [5.41, 5.74) is 1.62. The van der Waals surface area contributed by atoms with Gasteiger partial charge in [-0.25, -0.2) is 0 Å². The lowest BCUT2D eigenvalue weighted by atomic mass is 10.1. The zero-order valence-corrected chi connectivity index (χ0v) is 8.60. The monoisotopic (exact) mass is 214 g/mol. The van der Waals surface area contributed by atoms with Crippen molar-refractivity contribution in [3.8, 4) is 11.5 Å². The van der Waals surface area contributed by atoms with E-state index in [2.05, 4.69) is 0 Å². The van der Waals surface area contributed by atoms with Crippen LogP contribution < -0.4 is 9.47 Å². The average molecular weight is 215 g/mol. The number of aliphatic hydroxyl groups is 1. The minimum atomic E-state index is -0.0820. The fraction of sp³-hybridized carbons (Fsp3) is 0.400. The molecular formula is C10H11ClO3. The highest BCUT2D eigenvalue weighted by molar-refractivity contribution is 6.33. The van der Waals surface area contributed by atoms with Crippen molar-refractivity contribution in [1.82, 2.24) is 0 Å². The van der Waals surface area contributed by atoms with Gasteiger partial charge in [-0.1, -0.05) is 11.6 Å². The number of ether oxygens (including phenoxy) is 2. The second-order valence-corrected chi connectivity index (χ2v) is 3.55. The summed E-state index contributed by atoms with van der Waals surface area (Å²) in [4.78, 5) is 0. The molecule has 4 heteroatoms. The normalized spacial score (nSPS) is 14.2. The molecule has 1 aromatic carbocycles. The second-order valence-electron chi connectivity index (χ2n) is 3.17. The first-order chi connectivity index (χ1) is 6.74. The molecule has 0 fully saturated rings. The molecule has 0 aliphatic carbocycles. The van der Waals surface area contributed by atoms with Crippen LogP contribution in [0.2, 0.25) is 5.02 Å². The molecule has 0 bridgehead atoms. The minimum Gasteiger partial charge on any atom is -0.486 e. The van der Waals surface area contributed by atoms with Gasteiger partial charge in [0.05, 0.1) is 11.6 Å². The van der Waals surface area contributed by atoms with Crippen LogP contribution in [-0.2, 0) is 6.61 Å². The fourth-order valence-corrected chi connectivity index (χ4v) is 1.86. The molecule has 76 valence electrons. The van der Waals surface area contributed by atoms with E-state index in [1.807, 2.05) is 13.0 Å². The summed E-state index contributed by atoms with van der Waals surface area (Å²) in [6.45, 7) is 2.85. The van der Waals surface area contributed by atoms with Gasteiger partial charge >= 0.3 is 0 Å². The summed E-state index contributed by atoms with van der Waals surface area (Å²) >= 11 is 6.07. The van der Waals surface area contributed by atoms with Gasteiger partial charge in [-0.05, 0) is 18.6 Å². The Hall–Kier alpha value is -0.930. The molecule has 2 rings (SSSR count). The van der Waals surface area contributed by atoms with Crippen molar-refractivity contribution in [3.63, 3.8) is 0 Å². The Bertz CT molecular complexity index is 363. The SMILES string of the molecule is Cc1cc2c(c(Cl)c1CO)OCCO2. The molecule has 0 saturated carbocycles. The summed E-state index contributed by atoms with van der Waals surface area (Å²) < 4.78 is 10.8. The molecule has 0 unspecified atom stereocenters. The number of halogens is 1. The maximum absolute atomic E-state index is 9.12. The van der Waals surface area contributed by atoms with Crippen LogP contribution in [0.15, 0.2) is 6.07 Å². The second kappa shape index (κ2) is 3.67. The first-order valence-corrected chi connectivity index (χ1v) is 4.80. The van der Waals surface area contributed by atoms with Gasteiger partial charge < -0.3 is 14.6 Å². The number of aryl methyl sites for hydroxylation is 1. The molecular weight excluding hydrogens is 204 g/mol. The molecule has 0 aromatic heterocycles. The Morgan fingerprint density at radius 1 is 1.43 bits per heavy atom. The van der Waals surface area contributed by atoms with Crippen molar-refractivity contribution in [2.45, 2.75) is 13.5 Å². The van der Waals surface area contributed by atoms with Crippen LogP contribution in [0.1, 0.15) is 11.1 Å². The maximum Gasteiger partial charge on any atom is 0.180 e. The minimum absolute atomic E-state index is 0.0820. The van der Waals surface area contributed by atoms with Crippen LogP contribution >= 0.6 is 11.6 Å². The topological polar surface area (TPSA) is 38.7 Å². The van der Waals surface area contributed by atoms with E-state index < -0.39 is 0 Å². The van der Waals surface area contributed by atoms with Gasteiger partial charge in [0.25, 0.3) is 0 Å². The Morgan fingerprint density at radius 2 is 2.14 bits per heavy atom. The maximum atomic E-state index is 9.12. The summed E-state index contributed by atoms with van der Waals surface area (Å²) in [6.07, 6.45) is 0. The Labute approximate surface area is 87.2 Å². The van der Waals surface area contributed by atoms with Gasteiger partial charge in [0.15, 0.2) is 11.5 Å². The number of rotatable bonds is 1. The van der Waals surface area contributed by atoms with E-state index in [1.165, 1.54) is 0 Å². The quantitative estimate of drug-likeness (QED) is 0.776. The molecule has 1 aromatic rings. The van der Waals surface area contributed by atoms with Crippen molar-refractivity contribution in [2.24, 2.45) is 0 Å². The van der Waals surface area contributed by atoms with Crippen molar-refractivity contribution in [2.75, 3.05) is 13.2 Å². The van der Waals surface area contributed by atoms with Crippen LogP contribution in [-0.4, -0.2) is 18.3 Å². The van der Waals surface area contributed by atoms with Gasteiger partial charge in [-0.2, -0.15) is 0 Å². The lowest BCUT2D eigenvalue weighted by Gasteiger charge is -2.21. The van der Waals surface area contributed by atoms with Gasteiger partial charge in [-0.3, -0.25) is 0 Å². The summed E-state index contributed by atoms with van der Waals surface area (Å²) in [5, 5.41) is 9.58. The first kappa shape index (κ1) is 9.62. The summed E-state index contributed by atoms with van der Waals surface area (Å²) in [6, 6.07) is 1.84. The molecule has 1 aliphatic heterocycles. The van der Waals surface area contributed by atoms with Gasteiger partial charge in [-0.15, -0.1) is 0 Å². The number of aliphatic hydroxyl groups excluding tert-OH is 1. The van der Waals surface area contributed by atoms with Crippen LogP contribution in [0.25, 0.3) is 0 Å². The van der Waals surface area contributed by atoms with E-state index in [-0.39, 0.29) is 6.61 Å². The average Bonchev–Trinajstić information content (AvgIpc) is 2.18. The van der Waals surface area contributed by atoms with Crippen molar-refractivity contribution in [1.29, 1.82) is 0 Å². The van der Waals surface area contributed by atoms with E-state index in [4.69, 9.17) is 26.2 Å². The Morgan fingerprint density at radius 3 is 2.86 bits per heavy atom. The third-order valence-electron chi connectivity index (χ3n) is 2.26. The van der Waals surface area contributed by atoms with Gasteiger partial charge in [0, 0.05) is 5.56 Å². The molecule has 0 spiro atoms.